The third-order valence-electron chi connectivity index (χ3n) is 6.05. The monoisotopic (exact) mass is 496 g/mol. The molecule has 35 heavy (non-hydrogen) atoms. The summed E-state index contributed by atoms with van der Waals surface area (Å²) < 4.78 is 34.3. The van der Waals surface area contributed by atoms with Gasteiger partial charge in [-0.25, -0.2) is 13.1 Å². The standard InChI is InChI=1S/C25H28N4O5S/c1-17-6-4-5-7-21(17)26-25(31)19(3)29-24(30)11-10-22(27-29)20-9-8-18(2)23(16-20)35(32,33)28-12-14-34-15-13-28/h4-11,16,19H,12-15H2,1-3H3,(H,26,31)/t19-/m0/s1. The molecule has 0 unspecified atom stereocenters. The smallest absolute Gasteiger partial charge is 0.267 e. The molecule has 1 atom stereocenters. The second-order valence-corrected chi connectivity index (χ2v) is 10.4. The van der Waals surface area contributed by atoms with E-state index in [2.05, 4.69) is 10.4 Å². The van der Waals surface area contributed by atoms with Crippen LogP contribution < -0.4 is 10.9 Å². The Labute approximate surface area is 204 Å². The molecule has 0 spiro atoms. The molecule has 1 aliphatic rings. The Morgan fingerprint density at radius 3 is 2.46 bits per heavy atom. The Bertz CT molecular complexity index is 1410. The number of hydrogen-bond donors (Lipinski definition) is 1. The minimum Gasteiger partial charge on any atom is -0.379 e. The summed E-state index contributed by atoms with van der Waals surface area (Å²) in [5.41, 5.74) is 2.65. The van der Waals surface area contributed by atoms with E-state index >= 15 is 0 Å². The van der Waals surface area contributed by atoms with Crippen LogP contribution in [-0.4, -0.2) is 54.7 Å². The number of carbonyl (C=O) groups is 1. The SMILES string of the molecule is Cc1ccccc1NC(=O)[C@H](C)n1nc(-c2ccc(C)c(S(=O)(=O)N3CCOCC3)c2)ccc1=O. The van der Waals surface area contributed by atoms with E-state index in [0.717, 1.165) is 10.2 Å². The van der Waals surface area contributed by atoms with Gasteiger partial charge in [0, 0.05) is 30.4 Å². The number of amides is 1. The van der Waals surface area contributed by atoms with Crippen molar-refractivity contribution < 1.29 is 17.9 Å². The van der Waals surface area contributed by atoms with Gasteiger partial charge in [-0.15, -0.1) is 0 Å². The molecule has 1 fully saturated rings. The number of ether oxygens (including phenoxy) is 1. The van der Waals surface area contributed by atoms with E-state index in [-0.39, 0.29) is 10.8 Å². The van der Waals surface area contributed by atoms with Gasteiger partial charge in [0.25, 0.3) is 5.56 Å². The zero-order chi connectivity index (χ0) is 25.2. The van der Waals surface area contributed by atoms with Gasteiger partial charge in [-0.3, -0.25) is 9.59 Å². The lowest BCUT2D eigenvalue weighted by Gasteiger charge is -2.26. The van der Waals surface area contributed by atoms with Gasteiger partial charge >= 0.3 is 0 Å². The zero-order valence-corrected chi connectivity index (χ0v) is 20.7. The first-order valence-corrected chi connectivity index (χ1v) is 12.8. The van der Waals surface area contributed by atoms with Crippen LogP contribution in [0.2, 0.25) is 0 Å². The summed E-state index contributed by atoms with van der Waals surface area (Å²) in [5.74, 6) is -0.384. The van der Waals surface area contributed by atoms with Crippen molar-refractivity contribution >= 4 is 21.6 Å². The number of rotatable bonds is 6. The quantitative estimate of drug-likeness (QED) is 0.562. The van der Waals surface area contributed by atoms with E-state index in [1.165, 1.54) is 16.4 Å². The van der Waals surface area contributed by atoms with E-state index in [0.29, 0.717) is 48.8 Å². The number of aromatic nitrogens is 2. The Balaban J connectivity index is 1.66. The number of carbonyl (C=O) groups excluding carboxylic acids is 1. The number of para-hydroxylation sites is 1. The van der Waals surface area contributed by atoms with Crippen LogP contribution in [0.25, 0.3) is 11.3 Å². The molecule has 0 radical (unpaired) electrons. The van der Waals surface area contributed by atoms with Gasteiger partial charge in [0.05, 0.1) is 23.8 Å². The van der Waals surface area contributed by atoms with Crippen LogP contribution in [-0.2, 0) is 19.6 Å². The molecule has 0 saturated carbocycles. The van der Waals surface area contributed by atoms with E-state index < -0.39 is 21.6 Å². The molecule has 1 aromatic heterocycles. The van der Waals surface area contributed by atoms with Gasteiger partial charge in [-0.1, -0.05) is 30.3 Å². The Morgan fingerprint density at radius 2 is 1.74 bits per heavy atom. The van der Waals surface area contributed by atoms with Crippen molar-refractivity contribution in [2.75, 3.05) is 31.6 Å². The van der Waals surface area contributed by atoms with E-state index in [9.17, 15) is 18.0 Å². The third-order valence-corrected chi connectivity index (χ3v) is 8.09. The van der Waals surface area contributed by atoms with Crippen molar-refractivity contribution in [3.8, 4) is 11.3 Å². The Hall–Kier alpha value is -3.34. The molecule has 1 aliphatic heterocycles. The lowest BCUT2D eigenvalue weighted by Crippen LogP contribution is -2.40. The normalized spacial score (nSPS) is 15.5. The van der Waals surface area contributed by atoms with Gasteiger partial charge in [-0.05, 0) is 50.1 Å². The van der Waals surface area contributed by atoms with Gasteiger partial charge < -0.3 is 10.1 Å². The lowest BCUT2D eigenvalue weighted by atomic mass is 10.1. The predicted octanol–water partition coefficient (Wildman–Crippen LogP) is 2.75. The second kappa shape index (κ2) is 10.1. The molecular formula is C25H28N4O5S. The van der Waals surface area contributed by atoms with Crippen molar-refractivity contribution in [3.05, 3.63) is 76.1 Å². The Morgan fingerprint density at radius 1 is 1.03 bits per heavy atom. The molecule has 1 amide bonds. The van der Waals surface area contributed by atoms with Gasteiger partial charge in [0.15, 0.2) is 0 Å². The number of benzene rings is 2. The first-order chi connectivity index (χ1) is 16.7. The van der Waals surface area contributed by atoms with Gasteiger partial charge in [-0.2, -0.15) is 9.40 Å². The van der Waals surface area contributed by atoms with Gasteiger partial charge in [0.1, 0.15) is 6.04 Å². The highest BCUT2D eigenvalue weighted by atomic mass is 32.2. The minimum atomic E-state index is -3.72. The number of anilines is 1. The van der Waals surface area contributed by atoms with Crippen molar-refractivity contribution in [2.24, 2.45) is 0 Å². The van der Waals surface area contributed by atoms with Crippen LogP contribution in [0.1, 0.15) is 24.1 Å². The molecular weight excluding hydrogens is 468 g/mol. The summed E-state index contributed by atoms with van der Waals surface area (Å²) in [4.78, 5) is 25.6. The van der Waals surface area contributed by atoms with Crippen LogP contribution in [0.4, 0.5) is 5.69 Å². The summed E-state index contributed by atoms with van der Waals surface area (Å²) in [5, 5.41) is 7.24. The molecule has 10 heteroatoms. The molecule has 1 saturated heterocycles. The minimum absolute atomic E-state index is 0.182. The first-order valence-electron chi connectivity index (χ1n) is 11.3. The second-order valence-electron chi connectivity index (χ2n) is 8.48. The van der Waals surface area contributed by atoms with Crippen LogP contribution in [0.5, 0.6) is 0 Å². The molecule has 2 heterocycles. The van der Waals surface area contributed by atoms with Crippen LogP contribution in [0.15, 0.2) is 64.3 Å². The zero-order valence-electron chi connectivity index (χ0n) is 19.9. The summed E-state index contributed by atoms with van der Waals surface area (Å²) >= 11 is 0. The van der Waals surface area contributed by atoms with E-state index in [1.807, 2.05) is 25.1 Å². The highest BCUT2D eigenvalue weighted by molar-refractivity contribution is 7.89. The highest BCUT2D eigenvalue weighted by Crippen LogP contribution is 2.26. The maximum absolute atomic E-state index is 13.3. The topological polar surface area (TPSA) is 111 Å². The number of nitrogens with zero attached hydrogens (tertiary/aromatic N) is 3. The largest absolute Gasteiger partial charge is 0.379 e. The molecule has 0 bridgehead atoms. The fourth-order valence-corrected chi connectivity index (χ4v) is 5.54. The number of nitrogens with one attached hydrogen (secondary N) is 1. The average Bonchev–Trinajstić information content (AvgIpc) is 2.86. The van der Waals surface area contributed by atoms with Crippen LogP contribution in [0, 0.1) is 13.8 Å². The highest BCUT2D eigenvalue weighted by Gasteiger charge is 2.28. The van der Waals surface area contributed by atoms with E-state index in [4.69, 9.17) is 4.74 Å². The molecule has 4 rings (SSSR count). The molecule has 9 nitrogen and oxygen atoms in total. The summed E-state index contributed by atoms with van der Waals surface area (Å²) in [7, 11) is -3.72. The van der Waals surface area contributed by atoms with Crippen molar-refractivity contribution in [2.45, 2.75) is 31.7 Å². The number of sulfonamides is 1. The van der Waals surface area contributed by atoms with E-state index in [1.54, 1.807) is 38.1 Å². The summed E-state index contributed by atoms with van der Waals surface area (Å²) in [6.45, 7) is 6.51. The lowest BCUT2D eigenvalue weighted by molar-refractivity contribution is -0.119. The number of aryl methyl sites for hydroxylation is 2. The molecule has 0 aliphatic carbocycles. The molecule has 2 aromatic carbocycles. The van der Waals surface area contributed by atoms with Crippen molar-refractivity contribution in [1.29, 1.82) is 0 Å². The molecule has 3 aromatic rings. The maximum Gasteiger partial charge on any atom is 0.267 e. The average molecular weight is 497 g/mol. The fourth-order valence-electron chi connectivity index (χ4n) is 3.88. The maximum atomic E-state index is 13.3. The van der Waals surface area contributed by atoms with Gasteiger partial charge in [0.2, 0.25) is 15.9 Å². The Kier molecular flexibility index (Phi) is 7.15. The number of hydrogen-bond acceptors (Lipinski definition) is 6. The van der Waals surface area contributed by atoms with Crippen LogP contribution in [0.3, 0.4) is 0 Å². The first kappa shape index (κ1) is 24.8. The van der Waals surface area contributed by atoms with Crippen molar-refractivity contribution in [1.82, 2.24) is 14.1 Å². The van der Waals surface area contributed by atoms with Crippen molar-refractivity contribution in [3.63, 3.8) is 0 Å². The number of morpholine rings is 1. The summed E-state index contributed by atoms with van der Waals surface area (Å²) in [6, 6.07) is 14.4. The van der Waals surface area contributed by atoms with Crippen LogP contribution >= 0.6 is 0 Å². The fraction of sp³-hybridized carbons (Fsp3) is 0.320. The third kappa shape index (κ3) is 5.19. The molecule has 184 valence electrons. The summed E-state index contributed by atoms with van der Waals surface area (Å²) in [6.07, 6.45) is 0. The predicted molar refractivity (Wildman–Crippen MR) is 133 cm³/mol. The molecule has 1 N–H and O–H groups in total.